The fourth-order valence-corrected chi connectivity index (χ4v) is 3.45. The fourth-order valence-electron chi connectivity index (χ4n) is 3.45. The van der Waals surface area contributed by atoms with Crippen LogP contribution in [0, 0.1) is 12.8 Å². The van der Waals surface area contributed by atoms with Gasteiger partial charge in [0.05, 0.1) is 25.4 Å². The number of methoxy groups -OCH3 is 1. The van der Waals surface area contributed by atoms with Crippen molar-refractivity contribution in [3.8, 4) is 0 Å². The van der Waals surface area contributed by atoms with Gasteiger partial charge in [-0.3, -0.25) is 14.3 Å². The third kappa shape index (κ3) is 4.62. The summed E-state index contributed by atoms with van der Waals surface area (Å²) < 4.78 is 18.5. The summed E-state index contributed by atoms with van der Waals surface area (Å²) in [6, 6.07) is 0. The molecule has 0 saturated carbocycles. The number of rotatable bonds is 9. The Balaban J connectivity index is 2.39. The van der Waals surface area contributed by atoms with E-state index in [-0.39, 0.29) is 5.92 Å². The summed E-state index contributed by atoms with van der Waals surface area (Å²) in [5.74, 6) is -0.0593. The number of nitrogens with one attached hydrogen (secondary N) is 1. The molecular formula is C18H30N2O6. The van der Waals surface area contributed by atoms with E-state index in [0.717, 1.165) is 19.3 Å². The van der Waals surface area contributed by atoms with Crippen molar-refractivity contribution in [1.29, 1.82) is 0 Å². The average Bonchev–Trinajstić information content (AvgIpc) is 2.95. The smallest absolute Gasteiger partial charge is 0.330 e. The van der Waals surface area contributed by atoms with Crippen molar-refractivity contribution in [1.82, 2.24) is 9.55 Å². The molecule has 0 spiro atoms. The Labute approximate surface area is 153 Å². The topological polar surface area (TPSA) is 103 Å². The Morgan fingerprint density at radius 1 is 1.38 bits per heavy atom. The number of unbranched alkanes of at least 4 members (excludes halogenated alkanes) is 1. The summed E-state index contributed by atoms with van der Waals surface area (Å²) in [7, 11) is 1.59. The number of aromatic nitrogens is 2. The van der Waals surface area contributed by atoms with E-state index in [0.29, 0.717) is 18.8 Å². The summed E-state index contributed by atoms with van der Waals surface area (Å²) in [5.41, 5.74) is -0.559. The maximum Gasteiger partial charge on any atom is 0.330 e. The van der Waals surface area contributed by atoms with Crippen molar-refractivity contribution >= 4 is 0 Å². The molecule has 26 heavy (non-hydrogen) atoms. The van der Waals surface area contributed by atoms with Crippen LogP contribution in [0.1, 0.15) is 44.9 Å². The molecule has 2 rings (SSSR count). The highest BCUT2D eigenvalue weighted by Gasteiger charge is 2.47. The molecule has 1 aromatic rings. The molecular weight excluding hydrogens is 340 g/mol. The predicted octanol–water partition coefficient (Wildman–Crippen LogP) is 0.961. The molecule has 5 unspecified atom stereocenters. The van der Waals surface area contributed by atoms with Crippen LogP contribution in [-0.4, -0.2) is 53.3 Å². The molecule has 2 heterocycles. The number of nitrogens with zero attached hydrogens (tertiary/aromatic N) is 1. The average molecular weight is 370 g/mol. The standard InChI is InChI=1S/C18H30N2O6/c1-5-6-7-13-14(12(3)21)26-17(15(13)25-9-8-24-4)20-10-11(2)16(22)19-18(20)23/h10,12-15,17,21H,5-9H2,1-4H3,(H,19,22,23). The van der Waals surface area contributed by atoms with Crippen LogP contribution in [-0.2, 0) is 14.2 Å². The van der Waals surface area contributed by atoms with Crippen LogP contribution >= 0.6 is 0 Å². The third-order valence-electron chi connectivity index (χ3n) is 4.81. The number of hydrogen-bond donors (Lipinski definition) is 2. The van der Waals surface area contributed by atoms with Gasteiger partial charge >= 0.3 is 5.69 Å². The van der Waals surface area contributed by atoms with Gasteiger partial charge in [-0.1, -0.05) is 19.8 Å². The van der Waals surface area contributed by atoms with Crippen molar-refractivity contribution in [2.24, 2.45) is 5.92 Å². The number of ether oxygens (including phenoxy) is 3. The summed E-state index contributed by atoms with van der Waals surface area (Å²) in [5, 5.41) is 10.2. The number of hydrogen-bond acceptors (Lipinski definition) is 6. The summed E-state index contributed by atoms with van der Waals surface area (Å²) in [6.45, 7) is 6.18. The Morgan fingerprint density at radius 3 is 2.73 bits per heavy atom. The first-order chi connectivity index (χ1) is 12.4. The van der Waals surface area contributed by atoms with E-state index in [9.17, 15) is 14.7 Å². The minimum Gasteiger partial charge on any atom is -0.391 e. The minimum atomic E-state index is -0.712. The van der Waals surface area contributed by atoms with Crippen molar-refractivity contribution in [3.63, 3.8) is 0 Å². The Hall–Kier alpha value is -1.48. The number of aromatic amines is 1. The highest BCUT2D eigenvalue weighted by molar-refractivity contribution is 5.03. The van der Waals surface area contributed by atoms with Crippen LogP contribution < -0.4 is 11.2 Å². The Morgan fingerprint density at radius 2 is 2.12 bits per heavy atom. The molecule has 1 saturated heterocycles. The van der Waals surface area contributed by atoms with Gasteiger partial charge in [-0.2, -0.15) is 0 Å². The van der Waals surface area contributed by atoms with Gasteiger partial charge in [-0.25, -0.2) is 4.79 Å². The van der Waals surface area contributed by atoms with E-state index in [1.807, 2.05) is 0 Å². The van der Waals surface area contributed by atoms with Crippen molar-refractivity contribution < 1.29 is 19.3 Å². The maximum atomic E-state index is 12.3. The molecule has 1 fully saturated rings. The number of aryl methyl sites for hydroxylation is 1. The van der Waals surface area contributed by atoms with Gasteiger partial charge in [0.25, 0.3) is 5.56 Å². The largest absolute Gasteiger partial charge is 0.391 e. The maximum absolute atomic E-state index is 12.3. The number of aliphatic hydroxyl groups is 1. The van der Waals surface area contributed by atoms with Crippen molar-refractivity contribution in [3.05, 3.63) is 32.6 Å². The van der Waals surface area contributed by atoms with E-state index in [1.54, 1.807) is 21.0 Å². The highest BCUT2D eigenvalue weighted by Crippen LogP contribution is 2.39. The monoisotopic (exact) mass is 370 g/mol. The summed E-state index contributed by atoms with van der Waals surface area (Å²) in [4.78, 5) is 26.3. The molecule has 1 aliphatic rings. The molecule has 148 valence electrons. The minimum absolute atomic E-state index is 0.0593. The predicted molar refractivity (Wildman–Crippen MR) is 96.3 cm³/mol. The SMILES string of the molecule is CCCCC1C(C(C)O)OC(n2cc(C)c(=O)[nH]c2=O)C1OCCOC. The van der Waals surface area contributed by atoms with Crippen molar-refractivity contribution in [2.75, 3.05) is 20.3 Å². The lowest BCUT2D eigenvalue weighted by molar-refractivity contribution is -0.0902. The zero-order chi connectivity index (χ0) is 19.3. The van der Waals surface area contributed by atoms with Gasteiger partial charge in [-0.05, 0) is 20.3 Å². The zero-order valence-corrected chi connectivity index (χ0v) is 15.9. The summed E-state index contributed by atoms with van der Waals surface area (Å²) >= 11 is 0. The number of aliphatic hydroxyl groups excluding tert-OH is 1. The first-order valence-electron chi connectivity index (χ1n) is 9.16. The van der Waals surface area contributed by atoms with Gasteiger partial charge < -0.3 is 19.3 Å². The second kappa shape index (κ2) is 9.45. The van der Waals surface area contributed by atoms with Gasteiger partial charge in [-0.15, -0.1) is 0 Å². The van der Waals surface area contributed by atoms with Crippen LogP contribution in [0.4, 0.5) is 0 Å². The van der Waals surface area contributed by atoms with Crippen LogP contribution in [0.2, 0.25) is 0 Å². The van der Waals surface area contributed by atoms with E-state index in [1.165, 1.54) is 10.8 Å². The van der Waals surface area contributed by atoms with Crippen LogP contribution in [0.15, 0.2) is 15.8 Å². The first kappa shape index (κ1) is 20.8. The van der Waals surface area contributed by atoms with Gasteiger partial charge in [0, 0.05) is 24.8 Å². The van der Waals surface area contributed by atoms with Gasteiger partial charge in [0.15, 0.2) is 6.23 Å². The fraction of sp³-hybridized carbons (Fsp3) is 0.778. The molecule has 0 bridgehead atoms. The lowest BCUT2D eigenvalue weighted by Gasteiger charge is -2.25. The molecule has 1 aliphatic heterocycles. The van der Waals surface area contributed by atoms with E-state index in [4.69, 9.17) is 14.2 Å². The van der Waals surface area contributed by atoms with Crippen LogP contribution in [0.25, 0.3) is 0 Å². The molecule has 8 heteroatoms. The van der Waals surface area contributed by atoms with E-state index in [2.05, 4.69) is 11.9 Å². The lowest BCUT2D eigenvalue weighted by Crippen LogP contribution is -2.39. The quantitative estimate of drug-likeness (QED) is 0.628. The van der Waals surface area contributed by atoms with Gasteiger partial charge in [0.1, 0.15) is 6.10 Å². The molecule has 0 aliphatic carbocycles. The van der Waals surface area contributed by atoms with E-state index >= 15 is 0 Å². The molecule has 2 N–H and O–H groups in total. The molecule has 5 atom stereocenters. The normalized spacial score (nSPS) is 27.0. The van der Waals surface area contributed by atoms with Gasteiger partial charge in [0.2, 0.25) is 0 Å². The first-order valence-corrected chi connectivity index (χ1v) is 9.16. The Kier molecular flexibility index (Phi) is 7.57. The second-order valence-electron chi connectivity index (χ2n) is 6.84. The second-order valence-corrected chi connectivity index (χ2v) is 6.84. The zero-order valence-electron chi connectivity index (χ0n) is 15.9. The molecule has 0 aromatic carbocycles. The highest BCUT2D eigenvalue weighted by atomic mass is 16.6. The lowest BCUT2D eigenvalue weighted by atomic mass is 9.89. The number of H-pyrrole nitrogens is 1. The Bertz CT molecular complexity index is 683. The molecule has 1 aromatic heterocycles. The summed E-state index contributed by atoms with van der Waals surface area (Å²) in [6.07, 6.45) is 2.00. The van der Waals surface area contributed by atoms with Crippen LogP contribution in [0.5, 0.6) is 0 Å². The molecule has 8 nitrogen and oxygen atoms in total. The molecule has 0 radical (unpaired) electrons. The molecule has 0 amide bonds. The van der Waals surface area contributed by atoms with E-state index < -0.39 is 35.8 Å². The van der Waals surface area contributed by atoms with Crippen molar-refractivity contribution in [2.45, 2.75) is 64.6 Å². The van der Waals surface area contributed by atoms with Crippen LogP contribution in [0.3, 0.4) is 0 Å². The third-order valence-corrected chi connectivity index (χ3v) is 4.81.